The number of hydrogen-bond donors (Lipinski definition) is 2. The molecule has 0 saturated carbocycles. The summed E-state index contributed by atoms with van der Waals surface area (Å²) in [6.07, 6.45) is 1.10. The molecule has 1 unspecified atom stereocenters. The average Bonchev–Trinajstić information content (AvgIpc) is 2.41. The van der Waals surface area contributed by atoms with Crippen LogP contribution in [0.4, 0.5) is 11.5 Å². The SMILES string of the molecule is N#Cc1nc(NCC2Cc3ccccc32)ccc1N. The van der Waals surface area contributed by atoms with Gasteiger partial charge in [0.15, 0.2) is 5.69 Å². The Kier molecular flexibility index (Phi) is 2.81. The third kappa shape index (κ3) is 2.11. The summed E-state index contributed by atoms with van der Waals surface area (Å²) in [4.78, 5) is 4.18. The molecule has 1 aromatic carbocycles. The first kappa shape index (κ1) is 11.5. The molecule has 1 aromatic heterocycles. The Hall–Kier alpha value is -2.54. The molecule has 1 atom stereocenters. The number of anilines is 2. The summed E-state index contributed by atoms with van der Waals surface area (Å²) in [6, 6.07) is 14.0. The molecule has 0 aliphatic heterocycles. The lowest BCUT2D eigenvalue weighted by molar-refractivity contribution is 0.634. The number of nitrogens with zero attached hydrogens (tertiary/aromatic N) is 2. The van der Waals surface area contributed by atoms with E-state index in [1.54, 1.807) is 12.1 Å². The van der Waals surface area contributed by atoms with Crippen molar-refractivity contribution in [3.63, 3.8) is 0 Å². The number of nitriles is 1. The summed E-state index contributed by atoms with van der Waals surface area (Å²) in [5, 5.41) is 12.2. The average molecular weight is 250 g/mol. The zero-order chi connectivity index (χ0) is 13.2. The second-order valence-corrected chi connectivity index (χ2v) is 4.73. The highest BCUT2D eigenvalue weighted by Crippen LogP contribution is 2.34. The van der Waals surface area contributed by atoms with Gasteiger partial charge in [-0.15, -0.1) is 0 Å². The Balaban J connectivity index is 1.67. The quantitative estimate of drug-likeness (QED) is 0.876. The van der Waals surface area contributed by atoms with Crippen LogP contribution in [0.5, 0.6) is 0 Å². The minimum Gasteiger partial charge on any atom is -0.396 e. The molecule has 0 radical (unpaired) electrons. The van der Waals surface area contributed by atoms with Crippen LogP contribution in [0, 0.1) is 11.3 Å². The van der Waals surface area contributed by atoms with Crippen LogP contribution in [0.1, 0.15) is 22.7 Å². The lowest BCUT2D eigenvalue weighted by Crippen LogP contribution is -2.24. The number of nitrogens with two attached hydrogens (primary N) is 1. The number of benzene rings is 1. The molecule has 0 fully saturated rings. The van der Waals surface area contributed by atoms with Crippen molar-refractivity contribution >= 4 is 11.5 Å². The minimum atomic E-state index is 0.277. The molecule has 4 nitrogen and oxygen atoms in total. The zero-order valence-electron chi connectivity index (χ0n) is 10.4. The second-order valence-electron chi connectivity index (χ2n) is 4.73. The van der Waals surface area contributed by atoms with Gasteiger partial charge in [-0.05, 0) is 29.7 Å². The molecule has 1 aliphatic rings. The van der Waals surface area contributed by atoms with E-state index in [9.17, 15) is 0 Å². The number of nitrogens with one attached hydrogen (secondary N) is 1. The highest BCUT2D eigenvalue weighted by atomic mass is 15.0. The van der Waals surface area contributed by atoms with E-state index in [0.717, 1.165) is 13.0 Å². The van der Waals surface area contributed by atoms with Crippen molar-refractivity contribution in [1.82, 2.24) is 4.98 Å². The maximum Gasteiger partial charge on any atom is 0.165 e. The highest BCUT2D eigenvalue weighted by molar-refractivity contribution is 5.55. The van der Waals surface area contributed by atoms with E-state index >= 15 is 0 Å². The number of nitrogen functional groups attached to an aromatic ring is 1. The van der Waals surface area contributed by atoms with Gasteiger partial charge in [-0.1, -0.05) is 24.3 Å². The highest BCUT2D eigenvalue weighted by Gasteiger charge is 2.24. The number of aromatic nitrogens is 1. The predicted octanol–water partition coefficient (Wildman–Crippen LogP) is 2.29. The monoisotopic (exact) mass is 250 g/mol. The van der Waals surface area contributed by atoms with Crippen LogP contribution in [0.2, 0.25) is 0 Å². The number of pyridine rings is 1. The predicted molar refractivity (Wildman–Crippen MR) is 74.7 cm³/mol. The van der Waals surface area contributed by atoms with E-state index in [2.05, 4.69) is 34.6 Å². The molecule has 0 spiro atoms. The molecule has 0 saturated heterocycles. The first-order valence-electron chi connectivity index (χ1n) is 6.26. The zero-order valence-corrected chi connectivity index (χ0v) is 10.4. The van der Waals surface area contributed by atoms with Gasteiger partial charge in [-0.2, -0.15) is 5.26 Å². The molecule has 0 bridgehead atoms. The van der Waals surface area contributed by atoms with E-state index in [0.29, 0.717) is 17.4 Å². The molecule has 3 rings (SSSR count). The summed E-state index contributed by atoms with van der Waals surface area (Å²) in [7, 11) is 0. The largest absolute Gasteiger partial charge is 0.396 e. The van der Waals surface area contributed by atoms with Gasteiger partial charge in [-0.3, -0.25) is 0 Å². The van der Waals surface area contributed by atoms with Crippen LogP contribution in [-0.2, 0) is 6.42 Å². The first-order valence-corrected chi connectivity index (χ1v) is 6.26. The Bertz CT molecular complexity index is 657. The maximum absolute atomic E-state index is 8.89. The van der Waals surface area contributed by atoms with E-state index in [-0.39, 0.29) is 5.69 Å². The second kappa shape index (κ2) is 4.62. The lowest BCUT2D eigenvalue weighted by Gasteiger charge is -2.30. The van der Waals surface area contributed by atoms with Gasteiger partial charge in [0.1, 0.15) is 11.9 Å². The van der Waals surface area contributed by atoms with Gasteiger partial charge >= 0.3 is 0 Å². The van der Waals surface area contributed by atoms with E-state index in [1.807, 2.05) is 6.07 Å². The first-order chi connectivity index (χ1) is 9.28. The Morgan fingerprint density at radius 1 is 1.32 bits per heavy atom. The fraction of sp³-hybridized carbons (Fsp3) is 0.200. The molecule has 2 aromatic rings. The third-order valence-corrected chi connectivity index (χ3v) is 3.52. The smallest absolute Gasteiger partial charge is 0.165 e. The van der Waals surface area contributed by atoms with Gasteiger partial charge in [0.25, 0.3) is 0 Å². The van der Waals surface area contributed by atoms with Crippen molar-refractivity contribution in [2.45, 2.75) is 12.3 Å². The van der Waals surface area contributed by atoms with Crippen molar-refractivity contribution in [2.75, 3.05) is 17.6 Å². The van der Waals surface area contributed by atoms with Gasteiger partial charge in [0.2, 0.25) is 0 Å². The van der Waals surface area contributed by atoms with E-state index in [1.165, 1.54) is 11.1 Å². The Morgan fingerprint density at radius 3 is 2.95 bits per heavy atom. The summed E-state index contributed by atoms with van der Waals surface area (Å²) >= 11 is 0. The molecule has 1 heterocycles. The topological polar surface area (TPSA) is 74.7 Å². The molecular weight excluding hydrogens is 236 g/mol. The summed E-state index contributed by atoms with van der Waals surface area (Å²) in [5.74, 6) is 1.23. The molecule has 94 valence electrons. The fourth-order valence-corrected chi connectivity index (χ4v) is 2.43. The Morgan fingerprint density at radius 2 is 2.16 bits per heavy atom. The van der Waals surface area contributed by atoms with Crippen LogP contribution in [0.15, 0.2) is 36.4 Å². The van der Waals surface area contributed by atoms with Crippen molar-refractivity contribution < 1.29 is 0 Å². The number of hydrogen-bond acceptors (Lipinski definition) is 4. The van der Waals surface area contributed by atoms with Crippen LogP contribution < -0.4 is 11.1 Å². The molecular formula is C15H14N4. The normalized spacial score (nSPS) is 16.1. The number of rotatable bonds is 3. The van der Waals surface area contributed by atoms with Crippen molar-refractivity contribution in [3.05, 3.63) is 53.2 Å². The molecule has 4 heteroatoms. The van der Waals surface area contributed by atoms with Crippen molar-refractivity contribution in [1.29, 1.82) is 5.26 Å². The maximum atomic E-state index is 8.89. The summed E-state index contributed by atoms with van der Waals surface area (Å²) in [6.45, 7) is 0.832. The van der Waals surface area contributed by atoms with Crippen LogP contribution >= 0.6 is 0 Å². The standard InChI is InChI=1S/C15H14N4/c16-8-14-13(17)5-6-15(19-14)18-9-11-7-10-3-1-2-4-12(10)11/h1-6,11H,7,9,17H2,(H,18,19). The molecule has 0 amide bonds. The van der Waals surface area contributed by atoms with Crippen molar-refractivity contribution in [3.8, 4) is 6.07 Å². The van der Waals surface area contributed by atoms with Crippen LogP contribution in [0.25, 0.3) is 0 Å². The summed E-state index contributed by atoms with van der Waals surface area (Å²) in [5.41, 5.74) is 9.18. The van der Waals surface area contributed by atoms with Gasteiger partial charge < -0.3 is 11.1 Å². The molecule has 1 aliphatic carbocycles. The Labute approximate surface area is 111 Å². The molecule has 3 N–H and O–H groups in total. The third-order valence-electron chi connectivity index (χ3n) is 3.52. The van der Waals surface area contributed by atoms with Gasteiger partial charge in [0.05, 0.1) is 5.69 Å². The van der Waals surface area contributed by atoms with Crippen LogP contribution in [-0.4, -0.2) is 11.5 Å². The summed E-state index contributed by atoms with van der Waals surface area (Å²) < 4.78 is 0. The van der Waals surface area contributed by atoms with Gasteiger partial charge in [0, 0.05) is 12.5 Å². The minimum absolute atomic E-state index is 0.277. The van der Waals surface area contributed by atoms with E-state index < -0.39 is 0 Å². The fourth-order valence-electron chi connectivity index (χ4n) is 2.43. The molecule has 19 heavy (non-hydrogen) atoms. The number of fused-ring (bicyclic) bond motifs is 1. The van der Waals surface area contributed by atoms with Gasteiger partial charge in [-0.25, -0.2) is 4.98 Å². The van der Waals surface area contributed by atoms with Crippen LogP contribution in [0.3, 0.4) is 0 Å². The lowest BCUT2D eigenvalue weighted by atomic mass is 9.77. The van der Waals surface area contributed by atoms with E-state index in [4.69, 9.17) is 11.0 Å². The van der Waals surface area contributed by atoms with Crippen molar-refractivity contribution in [2.24, 2.45) is 0 Å².